The van der Waals surface area contributed by atoms with Crippen LogP contribution in [0, 0.1) is 0 Å². The molecule has 0 atom stereocenters. The van der Waals surface area contributed by atoms with Crippen molar-refractivity contribution in [2.45, 2.75) is 0 Å². The largest absolute Gasteiger partial charge is 0.478 e. The van der Waals surface area contributed by atoms with Crippen molar-refractivity contribution in [3.05, 3.63) is 133 Å². The number of carboxylic acid groups (broad SMARTS) is 1. The van der Waals surface area contributed by atoms with Crippen molar-refractivity contribution in [1.82, 2.24) is 0 Å². The molecule has 0 aliphatic rings. The average Bonchev–Trinajstić information content (AvgIpc) is 2.81. The van der Waals surface area contributed by atoms with Gasteiger partial charge in [-0.25, -0.2) is 4.79 Å². The SMILES string of the molecule is O=C(O)/C=C(/c1ccccc1)[P+](c1ccccc1)(c1ccccc1)c1ccccc1. The Morgan fingerprint density at radius 1 is 0.567 bits per heavy atom. The topological polar surface area (TPSA) is 37.3 Å². The number of hydrogen-bond donors (Lipinski definition) is 1. The Kier molecular flexibility index (Phi) is 5.88. The number of hydrogen-bond acceptors (Lipinski definition) is 1. The van der Waals surface area contributed by atoms with Crippen molar-refractivity contribution in [2.75, 3.05) is 0 Å². The predicted octanol–water partition coefficient (Wildman–Crippen LogP) is 5.11. The minimum atomic E-state index is -2.46. The van der Waals surface area contributed by atoms with E-state index in [1.807, 2.05) is 84.9 Å². The van der Waals surface area contributed by atoms with E-state index in [9.17, 15) is 9.90 Å². The molecule has 0 spiro atoms. The molecule has 0 aromatic heterocycles. The van der Waals surface area contributed by atoms with Gasteiger partial charge in [-0.05, 0) is 36.4 Å². The van der Waals surface area contributed by atoms with E-state index in [1.165, 1.54) is 6.08 Å². The van der Waals surface area contributed by atoms with E-state index in [0.29, 0.717) is 0 Å². The lowest BCUT2D eigenvalue weighted by molar-refractivity contribution is -0.131. The zero-order chi connectivity index (χ0) is 20.8. The molecule has 2 nitrogen and oxygen atoms in total. The second-order valence-electron chi connectivity index (χ2n) is 6.91. The zero-order valence-electron chi connectivity index (χ0n) is 16.4. The maximum absolute atomic E-state index is 12.1. The van der Waals surface area contributed by atoms with Gasteiger partial charge in [0.2, 0.25) is 0 Å². The van der Waals surface area contributed by atoms with Gasteiger partial charge >= 0.3 is 5.97 Å². The molecule has 4 aromatic carbocycles. The minimum absolute atomic E-state index is 0.833. The van der Waals surface area contributed by atoms with E-state index >= 15 is 0 Å². The van der Waals surface area contributed by atoms with Gasteiger partial charge in [-0.2, -0.15) is 0 Å². The van der Waals surface area contributed by atoms with Gasteiger partial charge in [-0.3, -0.25) is 0 Å². The Bertz CT molecular complexity index is 1040. The summed E-state index contributed by atoms with van der Waals surface area (Å²) in [6, 6.07) is 40.7. The zero-order valence-corrected chi connectivity index (χ0v) is 17.3. The summed E-state index contributed by atoms with van der Waals surface area (Å²) < 4.78 is 0. The molecule has 4 rings (SSSR count). The van der Waals surface area contributed by atoms with E-state index in [-0.39, 0.29) is 0 Å². The monoisotopic (exact) mass is 409 g/mol. The maximum atomic E-state index is 12.1. The summed E-state index contributed by atoms with van der Waals surface area (Å²) in [7, 11) is -2.46. The lowest BCUT2D eigenvalue weighted by Crippen LogP contribution is -2.32. The third-order valence-electron chi connectivity index (χ3n) is 5.12. The Hall–Kier alpha value is -3.48. The van der Waals surface area contributed by atoms with Crippen LogP contribution in [0.15, 0.2) is 127 Å². The molecule has 30 heavy (non-hydrogen) atoms. The lowest BCUT2D eigenvalue weighted by Gasteiger charge is -2.29. The Labute approximate surface area is 177 Å². The first kappa shape index (κ1) is 19.8. The normalized spacial score (nSPS) is 11.8. The Morgan fingerprint density at radius 2 is 0.900 bits per heavy atom. The van der Waals surface area contributed by atoms with Crippen molar-refractivity contribution in [3.8, 4) is 0 Å². The quantitative estimate of drug-likeness (QED) is 0.355. The van der Waals surface area contributed by atoms with E-state index in [2.05, 4.69) is 36.4 Å². The van der Waals surface area contributed by atoms with Crippen molar-refractivity contribution < 1.29 is 9.90 Å². The van der Waals surface area contributed by atoms with E-state index in [0.717, 1.165) is 26.8 Å². The molecule has 146 valence electrons. The van der Waals surface area contributed by atoms with Gasteiger partial charge in [-0.1, -0.05) is 84.9 Å². The highest BCUT2D eigenvalue weighted by Gasteiger charge is 2.50. The fourth-order valence-electron chi connectivity index (χ4n) is 3.92. The third kappa shape index (κ3) is 3.70. The smallest absolute Gasteiger partial charge is 0.332 e. The molecule has 0 aliphatic carbocycles. The summed E-state index contributed by atoms with van der Waals surface area (Å²) in [6.07, 6.45) is 1.40. The molecular formula is C27H22O2P+. The first-order valence-corrected chi connectivity index (χ1v) is 11.6. The van der Waals surface area contributed by atoms with Gasteiger partial charge in [0.05, 0.1) is 6.08 Å². The highest BCUT2D eigenvalue weighted by molar-refractivity contribution is 8.03. The van der Waals surface area contributed by atoms with Crippen molar-refractivity contribution in [2.24, 2.45) is 0 Å². The van der Waals surface area contributed by atoms with E-state index in [4.69, 9.17) is 0 Å². The van der Waals surface area contributed by atoms with Gasteiger partial charge < -0.3 is 5.11 Å². The predicted molar refractivity (Wildman–Crippen MR) is 127 cm³/mol. The lowest BCUT2D eigenvalue weighted by atomic mass is 10.2. The van der Waals surface area contributed by atoms with Crippen LogP contribution in [0.1, 0.15) is 5.56 Å². The first-order valence-electron chi connectivity index (χ1n) is 9.79. The Morgan fingerprint density at radius 3 is 1.23 bits per heavy atom. The molecule has 0 fully saturated rings. The van der Waals surface area contributed by atoms with Crippen LogP contribution in [0.4, 0.5) is 0 Å². The molecule has 0 radical (unpaired) electrons. The van der Waals surface area contributed by atoms with Crippen molar-refractivity contribution in [3.63, 3.8) is 0 Å². The molecule has 0 bridgehead atoms. The average molecular weight is 409 g/mol. The van der Waals surface area contributed by atoms with Crippen LogP contribution in [-0.2, 0) is 4.79 Å². The molecule has 0 amide bonds. The number of rotatable bonds is 6. The van der Waals surface area contributed by atoms with Crippen molar-refractivity contribution >= 4 is 34.5 Å². The van der Waals surface area contributed by atoms with Crippen LogP contribution in [-0.4, -0.2) is 11.1 Å². The van der Waals surface area contributed by atoms with E-state index in [1.54, 1.807) is 0 Å². The summed E-state index contributed by atoms with van der Waals surface area (Å²) in [5, 5.41) is 14.1. The van der Waals surface area contributed by atoms with Crippen LogP contribution in [0.3, 0.4) is 0 Å². The van der Waals surface area contributed by atoms with Crippen LogP contribution < -0.4 is 15.9 Å². The third-order valence-corrected chi connectivity index (χ3v) is 9.45. The second kappa shape index (κ2) is 8.90. The summed E-state index contributed by atoms with van der Waals surface area (Å²) in [5.41, 5.74) is 0.921. The van der Waals surface area contributed by atoms with Crippen LogP contribution >= 0.6 is 7.26 Å². The van der Waals surface area contributed by atoms with Crippen LogP contribution in [0.2, 0.25) is 0 Å². The molecular weight excluding hydrogens is 387 g/mol. The van der Waals surface area contributed by atoms with Crippen LogP contribution in [0.25, 0.3) is 5.31 Å². The van der Waals surface area contributed by atoms with Gasteiger partial charge in [-0.15, -0.1) is 0 Å². The van der Waals surface area contributed by atoms with Gasteiger partial charge in [0.1, 0.15) is 28.5 Å². The molecule has 0 saturated carbocycles. The molecule has 3 heteroatoms. The molecule has 0 heterocycles. The molecule has 1 N–H and O–H groups in total. The summed E-state index contributed by atoms with van der Waals surface area (Å²) >= 11 is 0. The molecule has 0 aliphatic heterocycles. The highest BCUT2D eigenvalue weighted by atomic mass is 31.2. The highest BCUT2D eigenvalue weighted by Crippen LogP contribution is 2.66. The molecule has 0 saturated heterocycles. The first-order chi connectivity index (χ1) is 14.7. The summed E-state index contributed by atoms with van der Waals surface area (Å²) in [6.45, 7) is 0. The molecule has 0 unspecified atom stereocenters. The van der Waals surface area contributed by atoms with Crippen molar-refractivity contribution in [1.29, 1.82) is 0 Å². The van der Waals surface area contributed by atoms with Gasteiger partial charge in [0.25, 0.3) is 0 Å². The number of benzene rings is 4. The number of carbonyl (C=O) groups is 1. The molecule has 4 aromatic rings. The summed E-state index contributed by atoms with van der Waals surface area (Å²) in [4.78, 5) is 12.1. The number of aliphatic carboxylic acids is 1. The van der Waals surface area contributed by atoms with Crippen LogP contribution in [0.5, 0.6) is 0 Å². The maximum Gasteiger partial charge on any atom is 0.332 e. The summed E-state index contributed by atoms with van der Waals surface area (Å²) in [5.74, 6) is -0.943. The number of carboxylic acids is 1. The van der Waals surface area contributed by atoms with Gasteiger partial charge in [0, 0.05) is 5.56 Å². The van der Waals surface area contributed by atoms with Gasteiger partial charge in [0.15, 0.2) is 0 Å². The fourth-order valence-corrected chi connectivity index (χ4v) is 8.35. The Balaban J connectivity index is 2.18. The second-order valence-corrected chi connectivity index (χ2v) is 10.3. The fraction of sp³-hybridized carbons (Fsp3) is 0. The van der Waals surface area contributed by atoms with E-state index < -0.39 is 13.2 Å². The minimum Gasteiger partial charge on any atom is -0.478 e. The standard InChI is InChI=1S/C27H21O2P/c28-27(29)21-26(22-13-5-1-6-14-22)30(23-15-7-2-8-16-23,24-17-9-3-10-18-24)25-19-11-4-12-20-25/h1-21H/p+1/b26-21-.